The Kier molecular flexibility index (Phi) is 6.40. The molecule has 10 heteroatoms. The van der Waals surface area contributed by atoms with E-state index >= 15 is 0 Å². The fraction of sp³-hybridized carbons (Fsp3) is 0.200. The number of thiophene rings is 1. The molecule has 0 spiro atoms. The second-order valence-electron chi connectivity index (χ2n) is 6.31. The molecule has 0 aliphatic heterocycles. The van der Waals surface area contributed by atoms with Gasteiger partial charge in [-0.3, -0.25) is 9.59 Å². The molecule has 0 saturated heterocycles. The standard InChI is InChI=1S/C20H21N3O5S2/c1-3-23(4-2)30(27,28)13-7-10-17(24)16(12-13)22-20(26)14-8-9-15(21-19(14)25)18-6-5-11-29-18/h5-12,24H,3-4H2,1-2H3,(H,21,25)(H,22,26). The highest BCUT2D eigenvalue weighted by molar-refractivity contribution is 7.89. The quantitative estimate of drug-likeness (QED) is 0.481. The number of nitrogens with zero attached hydrogens (tertiary/aromatic N) is 1. The summed E-state index contributed by atoms with van der Waals surface area (Å²) < 4.78 is 26.7. The Hall–Kier alpha value is -2.95. The van der Waals surface area contributed by atoms with E-state index in [1.807, 2.05) is 17.5 Å². The maximum atomic E-state index is 12.7. The molecule has 0 aliphatic carbocycles. The van der Waals surface area contributed by atoms with Crippen LogP contribution in [0.15, 0.2) is 57.5 Å². The van der Waals surface area contributed by atoms with Gasteiger partial charge in [-0.1, -0.05) is 19.9 Å². The molecule has 8 nitrogen and oxygen atoms in total. The van der Waals surface area contributed by atoms with Crippen molar-refractivity contribution in [2.75, 3.05) is 18.4 Å². The predicted molar refractivity (Wildman–Crippen MR) is 117 cm³/mol. The lowest BCUT2D eigenvalue weighted by atomic mass is 10.2. The summed E-state index contributed by atoms with van der Waals surface area (Å²) in [7, 11) is -3.78. The number of carbonyl (C=O) groups excluding carboxylic acids is 1. The summed E-state index contributed by atoms with van der Waals surface area (Å²) in [5.41, 5.74) is -0.270. The SMILES string of the molecule is CCN(CC)S(=O)(=O)c1ccc(O)c(NC(=O)c2ccc(-c3cccs3)[nH]c2=O)c1. The van der Waals surface area contributed by atoms with Gasteiger partial charge in [0, 0.05) is 13.1 Å². The van der Waals surface area contributed by atoms with Gasteiger partial charge in [-0.25, -0.2) is 8.42 Å². The van der Waals surface area contributed by atoms with E-state index in [2.05, 4.69) is 10.3 Å². The highest BCUT2D eigenvalue weighted by Crippen LogP contribution is 2.28. The number of amides is 1. The van der Waals surface area contributed by atoms with Crippen molar-refractivity contribution < 1.29 is 18.3 Å². The number of aromatic hydroxyl groups is 1. The molecule has 2 heterocycles. The van der Waals surface area contributed by atoms with Gasteiger partial charge in [-0.2, -0.15) is 4.31 Å². The Morgan fingerprint density at radius 2 is 1.90 bits per heavy atom. The fourth-order valence-corrected chi connectivity index (χ4v) is 5.10. The first-order chi connectivity index (χ1) is 14.3. The van der Waals surface area contributed by atoms with Crippen molar-refractivity contribution in [2.24, 2.45) is 0 Å². The molecule has 3 aromatic rings. The van der Waals surface area contributed by atoms with Crippen molar-refractivity contribution >= 4 is 33.0 Å². The van der Waals surface area contributed by atoms with Crippen molar-refractivity contribution in [1.82, 2.24) is 9.29 Å². The number of phenols is 1. The third-order valence-electron chi connectivity index (χ3n) is 4.50. The number of pyridine rings is 1. The molecule has 2 aromatic heterocycles. The Morgan fingerprint density at radius 3 is 2.50 bits per heavy atom. The topological polar surface area (TPSA) is 120 Å². The summed E-state index contributed by atoms with van der Waals surface area (Å²) in [5, 5.41) is 14.4. The van der Waals surface area contributed by atoms with Gasteiger partial charge in [0.2, 0.25) is 10.0 Å². The van der Waals surface area contributed by atoms with Crippen LogP contribution in [0.1, 0.15) is 24.2 Å². The third-order valence-corrected chi connectivity index (χ3v) is 7.45. The van der Waals surface area contributed by atoms with Gasteiger partial charge in [0.05, 0.1) is 21.2 Å². The number of rotatable bonds is 7. The summed E-state index contributed by atoms with van der Waals surface area (Å²) in [6.07, 6.45) is 0. The molecule has 30 heavy (non-hydrogen) atoms. The molecule has 158 valence electrons. The van der Waals surface area contributed by atoms with Crippen molar-refractivity contribution in [2.45, 2.75) is 18.7 Å². The maximum absolute atomic E-state index is 12.7. The summed E-state index contributed by atoms with van der Waals surface area (Å²) in [4.78, 5) is 28.4. The molecular weight excluding hydrogens is 426 g/mol. The first kappa shape index (κ1) is 21.8. The number of hydrogen-bond acceptors (Lipinski definition) is 6. The lowest BCUT2D eigenvalue weighted by molar-refractivity contribution is 0.102. The number of anilines is 1. The molecule has 0 aliphatic rings. The smallest absolute Gasteiger partial charge is 0.261 e. The average Bonchev–Trinajstić information content (AvgIpc) is 3.25. The van der Waals surface area contributed by atoms with Crippen LogP contribution in [-0.2, 0) is 10.0 Å². The number of hydrogen-bond donors (Lipinski definition) is 3. The Balaban J connectivity index is 1.89. The number of aromatic amines is 1. The van der Waals surface area contributed by atoms with Crippen LogP contribution in [0.3, 0.4) is 0 Å². The lowest BCUT2D eigenvalue weighted by Crippen LogP contribution is -2.30. The Morgan fingerprint density at radius 1 is 1.17 bits per heavy atom. The zero-order chi connectivity index (χ0) is 21.9. The fourth-order valence-electron chi connectivity index (χ4n) is 2.91. The zero-order valence-corrected chi connectivity index (χ0v) is 18.0. The molecule has 0 bridgehead atoms. The van der Waals surface area contributed by atoms with Gasteiger partial charge >= 0.3 is 0 Å². The van der Waals surface area contributed by atoms with Gasteiger partial charge in [0.25, 0.3) is 11.5 Å². The van der Waals surface area contributed by atoms with Gasteiger partial charge in [-0.05, 0) is 41.8 Å². The molecule has 3 N–H and O–H groups in total. The molecule has 0 saturated carbocycles. The molecule has 1 aromatic carbocycles. The largest absolute Gasteiger partial charge is 0.506 e. The first-order valence-corrected chi connectivity index (χ1v) is 11.5. The van der Waals surface area contributed by atoms with Crippen LogP contribution in [0.2, 0.25) is 0 Å². The minimum Gasteiger partial charge on any atom is -0.506 e. The third kappa shape index (κ3) is 4.30. The lowest BCUT2D eigenvalue weighted by Gasteiger charge is -2.19. The van der Waals surface area contributed by atoms with Crippen LogP contribution in [0, 0.1) is 0 Å². The molecule has 0 atom stereocenters. The van der Waals surface area contributed by atoms with Crippen LogP contribution in [0.25, 0.3) is 10.6 Å². The number of sulfonamides is 1. The van der Waals surface area contributed by atoms with E-state index in [1.54, 1.807) is 19.9 Å². The average molecular weight is 448 g/mol. The van der Waals surface area contributed by atoms with Gasteiger partial charge in [-0.15, -0.1) is 11.3 Å². The predicted octanol–water partition coefficient (Wildman–Crippen LogP) is 3.09. The van der Waals surface area contributed by atoms with Crippen molar-refractivity contribution in [1.29, 1.82) is 0 Å². The molecular formula is C20H21N3O5S2. The number of carbonyl (C=O) groups is 1. The molecule has 0 unspecified atom stereocenters. The number of aromatic nitrogens is 1. The number of benzene rings is 1. The highest BCUT2D eigenvalue weighted by Gasteiger charge is 2.23. The normalized spacial score (nSPS) is 11.6. The summed E-state index contributed by atoms with van der Waals surface area (Å²) in [6.45, 7) is 4.01. The van der Waals surface area contributed by atoms with Crippen molar-refractivity contribution in [3.05, 3.63) is 63.8 Å². The van der Waals surface area contributed by atoms with E-state index in [1.165, 1.54) is 39.9 Å². The maximum Gasteiger partial charge on any atom is 0.261 e. The van der Waals surface area contributed by atoms with E-state index in [-0.39, 0.29) is 35.0 Å². The van der Waals surface area contributed by atoms with Crippen LogP contribution in [-0.4, -0.2) is 41.8 Å². The number of H-pyrrole nitrogens is 1. The minimum absolute atomic E-state index is 0.0683. The highest BCUT2D eigenvalue weighted by atomic mass is 32.2. The summed E-state index contributed by atoms with van der Waals surface area (Å²) >= 11 is 1.45. The monoisotopic (exact) mass is 447 g/mol. The van der Waals surface area contributed by atoms with E-state index in [0.717, 1.165) is 4.88 Å². The van der Waals surface area contributed by atoms with E-state index < -0.39 is 21.5 Å². The molecule has 3 rings (SSSR count). The molecule has 1 amide bonds. The van der Waals surface area contributed by atoms with Crippen molar-refractivity contribution in [3.8, 4) is 16.3 Å². The van der Waals surface area contributed by atoms with Crippen molar-refractivity contribution in [3.63, 3.8) is 0 Å². The van der Waals surface area contributed by atoms with Crippen LogP contribution in [0.5, 0.6) is 5.75 Å². The number of nitrogens with one attached hydrogen (secondary N) is 2. The van der Waals surface area contributed by atoms with Crippen LogP contribution < -0.4 is 10.9 Å². The van der Waals surface area contributed by atoms with Crippen LogP contribution >= 0.6 is 11.3 Å². The molecule has 0 radical (unpaired) electrons. The Bertz CT molecular complexity index is 1210. The zero-order valence-electron chi connectivity index (χ0n) is 16.4. The number of phenolic OH excluding ortho intramolecular Hbond substituents is 1. The second-order valence-corrected chi connectivity index (χ2v) is 9.20. The Labute approximate surface area is 177 Å². The summed E-state index contributed by atoms with van der Waals surface area (Å²) in [6, 6.07) is 10.3. The van der Waals surface area contributed by atoms with E-state index in [9.17, 15) is 23.1 Å². The van der Waals surface area contributed by atoms with Crippen LogP contribution in [0.4, 0.5) is 5.69 Å². The van der Waals surface area contributed by atoms with Gasteiger partial charge in [0.1, 0.15) is 11.3 Å². The van der Waals surface area contributed by atoms with Gasteiger partial charge in [0.15, 0.2) is 0 Å². The minimum atomic E-state index is -3.78. The van der Waals surface area contributed by atoms with E-state index in [4.69, 9.17) is 0 Å². The summed E-state index contributed by atoms with van der Waals surface area (Å²) in [5.74, 6) is -1.07. The van der Waals surface area contributed by atoms with Gasteiger partial charge < -0.3 is 15.4 Å². The molecule has 0 fully saturated rings. The first-order valence-electron chi connectivity index (χ1n) is 9.19. The second kappa shape index (κ2) is 8.82. The van der Waals surface area contributed by atoms with E-state index in [0.29, 0.717) is 5.69 Å².